The first-order valence-electron chi connectivity index (χ1n) is 7.29. The summed E-state index contributed by atoms with van der Waals surface area (Å²) in [6.45, 7) is 0.358. The molecule has 0 spiro atoms. The minimum atomic E-state index is -0.446. The van der Waals surface area contributed by atoms with Crippen LogP contribution in [0, 0.1) is 5.82 Å². The normalized spacial score (nSPS) is 10.6. The molecule has 24 heavy (non-hydrogen) atoms. The van der Waals surface area contributed by atoms with Gasteiger partial charge in [0, 0.05) is 30.1 Å². The first-order valence-corrected chi connectivity index (χ1v) is 7.29. The Morgan fingerprint density at radius 3 is 2.67 bits per heavy atom. The summed E-state index contributed by atoms with van der Waals surface area (Å²) in [7, 11) is 3.02. The Bertz CT molecular complexity index is 936. The third-order valence-corrected chi connectivity index (χ3v) is 3.67. The van der Waals surface area contributed by atoms with Crippen LogP contribution in [0.25, 0.3) is 11.0 Å². The summed E-state index contributed by atoms with van der Waals surface area (Å²) >= 11 is 0. The predicted molar refractivity (Wildman–Crippen MR) is 89.3 cm³/mol. The number of halogens is 1. The van der Waals surface area contributed by atoms with Crippen LogP contribution in [0.3, 0.4) is 0 Å². The van der Waals surface area contributed by atoms with Crippen molar-refractivity contribution in [3.05, 3.63) is 64.3 Å². The van der Waals surface area contributed by atoms with E-state index in [1.54, 1.807) is 25.3 Å². The summed E-state index contributed by atoms with van der Waals surface area (Å²) in [6.07, 6.45) is 0. The minimum absolute atomic E-state index is 0.358. The van der Waals surface area contributed by atoms with Crippen LogP contribution in [0.1, 0.15) is 5.56 Å². The SMILES string of the molecule is COc1ccc2c(CNc3ccc(F)cc3OC)cc(=O)oc2c1. The monoisotopic (exact) mass is 329 g/mol. The topological polar surface area (TPSA) is 60.7 Å². The van der Waals surface area contributed by atoms with Gasteiger partial charge in [-0.2, -0.15) is 0 Å². The van der Waals surface area contributed by atoms with Crippen molar-refractivity contribution in [3.8, 4) is 11.5 Å². The van der Waals surface area contributed by atoms with Crippen molar-refractivity contribution in [2.75, 3.05) is 19.5 Å². The molecule has 0 saturated carbocycles. The van der Waals surface area contributed by atoms with Gasteiger partial charge in [0.05, 0.1) is 19.9 Å². The number of hydrogen-bond donors (Lipinski definition) is 1. The third-order valence-electron chi connectivity index (χ3n) is 3.67. The van der Waals surface area contributed by atoms with Gasteiger partial charge in [-0.15, -0.1) is 0 Å². The molecule has 0 fully saturated rings. The van der Waals surface area contributed by atoms with Gasteiger partial charge in [0.1, 0.15) is 22.9 Å². The maximum Gasteiger partial charge on any atom is 0.336 e. The molecule has 0 saturated heterocycles. The van der Waals surface area contributed by atoms with E-state index >= 15 is 0 Å². The quantitative estimate of drug-likeness (QED) is 0.725. The maximum atomic E-state index is 13.3. The van der Waals surface area contributed by atoms with Gasteiger partial charge < -0.3 is 19.2 Å². The van der Waals surface area contributed by atoms with Crippen molar-refractivity contribution in [1.29, 1.82) is 0 Å². The molecule has 124 valence electrons. The molecule has 0 unspecified atom stereocenters. The predicted octanol–water partition coefficient (Wildman–Crippen LogP) is 3.56. The smallest absolute Gasteiger partial charge is 0.336 e. The molecule has 1 aromatic heterocycles. The summed E-state index contributed by atoms with van der Waals surface area (Å²) in [4.78, 5) is 11.8. The fourth-order valence-electron chi connectivity index (χ4n) is 2.49. The Morgan fingerprint density at radius 2 is 1.92 bits per heavy atom. The van der Waals surface area contributed by atoms with Gasteiger partial charge in [0.25, 0.3) is 0 Å². The molecule has 0 bridgehead atoms. The van der Waals surface area contributed by atoms with E-state index in [4.69, 9.17) is 13.9 Å². The van der Waals surface area contributed by atoms with Gasteiger partial charge in [-0.25, -0.2) is 9.18 Å². The number of nitrogens with one attached hydrogen (secondary N) is 1. The van der Waals surface area contributed by atoms with Gasteiger partial charge >= 0.3 is 5.63 Å². The molecule has 0 aliphatic rings. The summed E-state index contributed by atoms with van der Waals surface area (Å²) in [5.41, 5.74) is 1.40. The Kier molecular flexibility index (Phi) is 4.37. The molecule has 0 amide bonds. The van der Waals surface area contributed by atoms with E-state index in [0.29, 0.717) is 29.3 Å². The highest BCUT2D eigenvalue weighted by Crippen LogP contribution is 2.27. The van der Waals surface area contributed by atoms with Gasteiger partial charge in [0.15, 0.2) is 0 Å². The van der Waals surface area contributed by atoms with E-state index in [0.717, 1.165) is 10.9 Å². The Morgan fingerprint density at radius 1 is 1.08 bits per heavy atom. The highest BCUT2D eigenvalue weighted by atomic mass is 19.1. The van der Waals surface area contributed by atoms with Gasteiger partial charge in [0.2, 0.25) is 0 Å². The average Bonchev–Trinajstić information content (AvgIpc) is 2.59. The summed E-state index contributed by atoms with van der Waals surface area (Å²) < 4.78 is 28.8. The lowest BCUT2D eigenvalue weighted by molar-refractivity contribution is 0.413. The van der Waals surface area contributed by atoms with Gasteiger partial charge in [-0.05, 0) is 29.8 Å². The van der Waals surface area contributed by atoms with Crippen molar-refractivity contribution < 1.29 is 18.3 Å². The number of hydrogen-bond acceptors (Lipinski definition) is 5. The molecule has 2 aromatic carbocycles. The maximum absolute atomic E-state index is 13.3. The average molecular weight is 329 g/mol. The Balaban J connectivity index is 1.94. The highest BCUT2D eigenvalue weighted by Gasteiger charge is 2.09. The second kappa shape index (κ2) is 6.62. The molecule has 1 heterocycles. The highest BCUT2D eigenvalue weighted by molar-refractivity contribution is 5.81. The standard InChI is InChI=1S/C18H16FNO4/c1-22-13-4-5-14-11(7-18(21)24-16(14)9-13)10-20-15-6-3-12(19)8-17(15)23-2/h3-9,20H,10H2,1-2H3. The van der Waals surface area contributed by atoms with Crippen molar-refractivity contribution in [1.82, 2.24) is 0 Å². The molecular formula is C18H16FNO4. The molecule has 5 nitrogen and oxygen atoms in total. The third kappa shape index (κ3) is 3.17. The van der Waals surface area contributed by atoms with E-state index in [2.05, 4.69) is 5.32 Å². The summed E-state index contributed by atoms with van der Waals surface area (Å²) in [5.74, 6) is 0.621. The number of methoxy groups -OCH3 is 2. The van der Waals surface area contributed by atoms with Crippen LogP contribution in [0.4, 0.5) is 10.1 Å². The number of ether oxygens (including phenoxy) is 2. The molecule has 6 heteroatoms. The number of anilines is 1. The van der Waals surface area contributed by atoms with E-state index < -0.39 is 5.63 Å². The largest absolute Gasteiger partial charge is 0.497 e. The lowest BCUT2D eigenvalue weighted by Gasteiger charge is -2.12. The molecular weight excluding hydrogens is 313 g/mol. The van der Waals surface area contributed by atoms with Crippen LogP contribution in [-0.4, -0.2) is 14.2 Å². The molecule has 0 radical (unpaired) electrons. The molecule has 1 N–H and O–H groups in total. The minimum Gasteiger partial charge on any atom is -0.497 e. The molecule has 0 atom stereocenters. The van der Waals surface area contributed by atoms with Crippen molar-refractivity contribution in [3.63, 3.8) is 0 Å². The molecule has 3 rings (SSSR count). The zero-order valence-electron chi connectivity index (χ0n) is 13.3. The van der Waals surface area contributed by atoms with Crippen LogP contribution in [0.5, 0.6) is 11.5 Å². The van der Waals surface area contributed by atoms with E-state index in [1.807, 2.05) is 6.07 Å². The molecule has 3 aromatic rings. The van der Waals surface area contributed by atoms with E-state index in [9.17, 15) is 9.18 Å². The number of benzene rings is 2. The molecule has 0 aliphatic heterocycles. The number of rotatable bonds is 5. The van der Waals surface area contributed by atoms with E-state index in [1.165, 1.54) is 25.3 Å². The van der Waals surface area contributed by atoms with E-state index in [-0.39, 0.29) is 5.82 Å². The lowest BCUT2D eigenvalue weighted by atomic mass is 10.1. The van der Waals surface area contributed by atoms with Crippen LogP contribution in [0.2, 0.25) is 0 Å². The van der Waals surface area contributed by atoms with Crippen molar-refractivity contribution >= 4 is 16.7 Å². The fraction of sp³-hybridized carbons (Fsp3) is 0.167. The summed E-state index contributed by atoms with van der Waals surface area (Å²) in [5, 5.41) is 3.95. The molecule has 0 aliphatic carbocycles. The summed E-state index contributed by atoms with van der Waals surface area (Å²) in [6, 6.07) is 10.9. The zero-order valence-corrected chi connectivity index (χ0v) is 13.3. The van der Waals surface area contributed by atoms with Gasteiger partial charge in [-0.1, -0.05) is 0 Å². The fourth-order valence-corrected chi connectivity index (χ4v) is 2.49. The second-order valence-corrected chi connectivity index (χ2v) is 5.15. The first kappa shape index (κ1) is 15.9. The van der Waals surface area contributed by atoms with Crippen LogP contribution in [-0.2, 0) is 6.54 Å². The van der Waals surface area contributed by atoms with Crippen molar-refractivity contribution in [2.24, 2.45) is 0 Å². The Hall–Kier alpha value is -3.02. The lowest BCUT2D eigenvalue weighted by Crippen LogP contribution is -2.06. The first-order chi connectivity index (χ1) is 11.6. The van der Waals surface area contributed by atoms with Crippen LogP contribution >= 0.6 is 0 Å². The van der Waals surface area contributed by atoms with Crippen LogP contribution in [0.15, 0.2) is 51.7 Å². The van der Waals surface area contributed by atoms with Gasteiger partial charge in [-0.3, -0.25) is 0 Å². The van der Waals surface area contributed by atoms with Crippen molar-refractivity contribution in [2.45, 2.75) is 6.54 Å². The Labute approximate surface area is 137 Å². The second-order valence-electron chi connectivity index (χ2n) is 5.15. The zero-order chi connectivity index (χ0) is 17.1. The number of fused-ring (bicyclic) bond motifs is 1. The van der Waals surface area contributed by atoms with Crippen LogP contribution < -0.4 is 20.4 Å².